The monoisotopic (exact) mass is 345 g/mol. The minimum absolute atomic E-state index is 0.907. The molecule has 0 aliphatic rings. The quantitative estimate of drug-likeness (QED) is 0.488. The van der Waals surface area contributed by atoms with Gasteiger partial charge in [-0.3, -0.25) is 0 Å². The number of hydrogen-bond donors (Lipinski definition) is 0. The van der Waals surface area contributed by atoms with Crippen LogP contribution in [-0.2, 0) is 0 Å². The number of aryl methyl sites for hydroxylation is 1. The van der Waals surface area contributed by atoms with Crippen LogP contribution >= 0.6 is 0 Å². The molecule has 0 bridgehead atoms. The van der Waals surface area contributed by atoms with Gasteiger partial charge in [0.2, 0.25) is 0 Å². The lowest BCUT2D eigenvalue weighted by molar-refractivity contribution is 0.668. The van der Waals surface area contributed by atoms with Crippen molar-refractivity contribution in [2.75, 3.05) is 30.4 Å². The van der Waals surface area contributed by atoms with Gasteiger partial charge in [0.15, 0.2) is 11.4 Å². The summed E-state index contributed by atoms with van der Waals surface area (Å²) in [7, 11) is 4.15. The normalized spacial score (nSPS) is 11.2. The number of nitrogens with zero attached hydrogens (tertiary/aromatic N) is 3. The number of para-hydroxylation sites is 1. The molecule has 2 aromatic heterocycles. The van der Waals surface area contributed by atoms with Crippen LogP contribution in [-0.4, -0.2) is 25.6 Å². The number of benzene rings is 2. The molecule has 2 heterocycles. The number of fused-ring (bicyclic) bond motifs is 3. The second-order valence-electron chi connectivity index (χ2n) is 6.63. The van der Waals surface area contributed by atoms with E-state index in [0.717, 1.165) is 51.2 Å². The van der Waals surface area contributed by atoms with Crippen molar-refractivity contribution in [1.29, 1.82) is 0 Å². The van der Waals surface area contributed by atoms with Crippen LogP contribution in [0.4, 0.5) is 17.2 Å². The number of aromatic nitrogens is 1. The van der Waals surface area contributed by atoms with E-state index in [4.69, 9.17) is 4.42 Å². The zero-order valence-corrected chi connectivity index (χ0v) is 15.7. The first-order valence-electron chi connectivity index (χ1n) is 8.92. The van der Waals surface area contributed by atoms with Gasteiger partial charge < -0.3 is 14.2 Å². The van der Waals surface area contributed by atoms with E-state index in [1.165, 1.54) is 0 Å². The highest BCUT2D eigenvalue weighted by atomic mass is 16.3. The molecule has 2 aromatic carbocycles. The number of furan rings is 1. The maximum absolute atomic E-state index is 6.25. The van der Waals surface area contributed by atoms with Crippen molar-refractivity contribution in [1.82, 2.24) is 4.98 Å². The predicted molar refractivity (Wildman–Crippen MR) is 110 cm³/mol. The highest BCUT2D eigenvalue weighted by Gasteiger charge is 2.20. The maximum atomic E-state index is 6.25. The summed E-state index contributed by atoms with van der Waals surface area (Å²) < 4.78 is 6.25. The van der Waals surface area contributed by atoms with Gasteiger partial charge in [-0.15, -0.1) is 0 Å². The zero-order chi connectivity index (χ0) is 18.3. The first-order chi connectivity index (χ1) is 12.6. The van der Waals surface area contributed by atoms with Gasteiger partial charge in [-0.05, 0) is 37.6 Å². The van der Waals surface area contributed by atoms with Gasteiger partial charge in [0.25, 0.3) is 0 Å². The molecule has 132 valence electrons. The second kappa shape index (κ2) is 6.37. The molecule has 0 unspecified atom stereocenters. The lowest BCUT2D eigenvalue weighted by Gasteiger charge is -2.27. The summed E-state index contributed by atoms with van der Waals surface area (Å²) in [6.07, 6.45) is 1.84. The van der Waals surface area contributed by atoms with Crippen molar-refractivity contribution in [3.63, 3.8) is 0 Å². The van der Waals surface area contributed by atoms with E-state index in [1.807, 2.05) is 30.5 Å². The molecular formula is C22H23N3O. The number of rotatable bonds is 4. The average Bonchev–Trinajstić information content (AvgIpc) is 3.05. The fraction of sp³-hybridized carbons (Fsp3) is 0.227. The van der Waals surface area contributed by atoms with Crippen LogP contribution in [0.3, 0.4) is 0 Å². The molecule has 0 fully saturated rings. The Bertz CT molecular complexity index is 1080. The average molecular weight is 345 g/mol. The van der Waals surface area contributed by atoms with Crippen molar-refractivity contribution in [3.05, 3.63) is 60.3 Å². The van der Waals surface area contributed by atoms with Gasteiger partial charge in [0.05, 0.1) is 11.4 Å². The largest absolute Gasteiger partial charge is 0.454 e. The van der Waals surface area contributed by atoms with E-state index in [1.54, 1.807) is 0 Å². The Hall–Kier alpha value is -3.01. The molecule has 0 spiro atoms. The van der Waals surface area contributed by atoms with Crippen LogP contribution in [0, 0.1) is 6.92 Å². The molecule has 0 N–H and O–H groups in total. The minimum Gasteiger partial charge on any atom is -0.454 e. The van der Waals surface area contributed by atoms with Gasteiger partial charge >= 0.3 is 0 Å². The van der Waals surface area contributed by atoms with E-state index in [2.05, 4.69) is 67.0 Å². The smallest absolute Gasteiger partial charge is 0.159 e. The van der Waals surface area contributed by atoms with Crippen molar-refractivity contribution in [2.24, 2.45) is 0 Å². The molecular weight excluding hydrogens is 322 g/mol. The Morgan fingerprint density at radius 1 is 0.962 bits per heavy atom. The van der Waals surface area contributed by atoms with E-state index in [0.29, 0.717) is 0 Å². The first kappa shape index (κ1) is 16.5. The molecule has 0 saturated heterocycles. The fourth-order valence-corrected chi connectivity index (χ4v) is 3.51. The predicted octanol–water partition coefficient (Wildman–Crippen LogP) is 5.51. The summed E-state index contributed by atoms with van der Waals surface area (Å²) in [5, 5.41) is 2.28. The van der Waals surface area contributed by atoms with Crippen LogP contribution in [0.25, 0.3) is 21.9 Å². The highest BCUT2D eigenvalue weighted by molar-refractivity contribution is 6.10. The van der Waals surface area contributed by atoms with Gasteiger partial charge in [-0.1, -0.05) is 30.3 Å². The molecule has 0 aliphatic heterocycles. The second-order valence-corrected chi connectivity index (χ2v) is 6.63. The van der Waals surface area contributed by atoms with Gasteiger partial charge in [0.1, 0.15) is 5.58 Å². The molecule has 4 nitrogen and oxygen atoms in total. The Balaban J connectivity index is 1.96. The van der Waals surface area contributed by atoms with Gasteiger partial charge in [0, 0.05) is 37.6 Å². The Morgan fingerprint density at radius 3 is 2.58 bits per heavy atom. The van der Waals surface area contributed by atoms with Crippen LogP contribution in [0.1, 0.15) is 12.5 Å². The third kappa shape index (κ3) is 2.49. The lowest BCUT2D eigenvalue weighted by atomic mass is 10.1. The SMILES string of the molecule is CCN(C)c1cccnc1N(C)c1c(C)ccc2c1oc1ccccc12. The van der Waals surface area contributed by atoms with Gasteiger partial charge in [-0.25, -0.2) is 4.98 Å². The Kier molecular flexibility index (Phi) is 4.03. The molecule has 4 aromatic rings. The highest BCUT2D eigenvalue weighted by Crippen LogP contribution is 2.40. The lowest BCUT2D eigenvalue weighted by Crippen LogP contribution is -2.21. The van der Waals surface area contributed by atoms with Crippen LogP contribution < -0.4 is 9.80 Å². The summed E-state index contributed by atoms with van der Waals surface area (Å²) in [5.41, 5.74) is 5.14. The summed E-state index contributed by atoms with van der Waals surface area (Å²) >= 11 is 0. The Labute approximate surface area is 153 Å². The number of pyridine rings is 1. The van der Waals surface area contributed by atoms with Crippen LogP contribution in [0.2, 0.25) is 0 Å². The number of hydrogen-bond acceptors (Lipinski definition) is 4. The molecule has 0 saturated carbocycles. The first-order valence-corrected chi connectivity index (χ1v) is 8.92. The van der Waals surface area contributed by atoms with E-state index in [9.17, 15) is 0 Å². The Morgan fingerprint density at radius 2 is 1.77 bits per heavy atom. The third-order valence-electron chi connectivity index (χ3n) is 5.03. The topological polar surface area (TPSA) is 32.5 Å². The summed E-state index contributed by atoms with van der Waals surface area (Å²) in [4.78, 5) is 9.01. The molecule has 4 rings (SSSR count). The van der Waals surface area contributed by atoms with Gasteiger partial charge in [-0.2, -0.15) is 0 Å². The molecule has 0 atom stereocenters. The summed E-state index contributed by atoms with van der Waals surface area (Å²) in [6, 6.07) is 16.6. The summed E-state index contributed by atoms with van der Waals surface area (Å²) in [6.45, 7) is 5.17. The minimum atomic E-state index is 0.907. The van der Waals surface area contributed by atoms with Crippen LogP contribution in [0.5, 0.6) is 0 Å². The third-order valence-corrected chi connectivity index (χ3v) is 5.03. The zero-order valence-electron chi connectivity index (χ0n) is 15.7. The molecule has 0 amide bonds. The number of anilines is 3. The van der Waals surface area contributed by atoms with Crippen LogP contribution in [0.15, 0.2) is 59.1 Å². The van der Waals surface area contributed by atoms with Crippen molar-refractivity contribution >= 4 is 39.1 Å². The van der Waals surface area contributed by atoms with Crippen molar-refractivity contribution in [2.45, 2.75) is 13.8 Å². The standard InChI is InChI=1S/C22H23N3O/c1-5-24(3)18-10-8-14-23-22(18)25(4)20-15(2)12-13-17-16-9-6-7-11-19(16)26-21(17)20/h6-14H,5H2,1-4H3. The van der Waals surface area contributed by atoms with Crippen molar-refractivity contribution in [3.8, 4) is 0 Å². The molecule has 0 radical (unpaired) electrons. The van der Waals surface area contributed by atoms with E-state index in [-0.39, 0.29) is 0 Å². The molecule has 26 heavy (non-hydrogen) atoms. The van der Waals surface area contributed by atoms with E-state index >= 15 is 0 Å². The molecule has 0 aliphatic carbocycles. The van der Waals surface area contributed by atoms with E-state index < -0.39 is 0 Å². The maximum Gasteiger partial charge on any atom is 0.159 e. The summed E-state index contributed by atoms with van der Waals surface area (Å²) in [5.74, 6) is 0.924. The van der Waals surface area contributed by atoms with Crippen molar-refractivity contribution < 1.29 is 4.42 Å². The molecule has 4 heteroatoms. The fourth-order valence-electron chi connectivity index (χ4n) is 3.51.